The molecular formula is C13H15ClFNO4S. The topological polar surface area (TPSA) is 74.7 Å². The Labute approximate surface area is 127 Å². The summed E-state index contributed by atoms with van der Waals surface area (Å²) in [6.07, 6.45) is 0. The number of likely N-dealkylation sites (N-methyl/N-ethyl adjacent to an activating group) is 1. The maximum atomic E-state index is 13.7. The van der Waals surface area contributed by atoms with Crippen molar-refractivity contribution in [2.75, 3.05) is 13.1 Å². The third kappa shape index (κ3) is 3.81. The first-order valence-corrected chi connectivity index (χ1v) is 7.80. The number of rotatable bonds is 6. The van der Waals surface area contributed by atoms with Gasteiger partial charge in [0.05, 0.1) is 15.5 Å². The predicted octanol–water partition coefficient (Wildman–Crippen LogP) is 2.76. The lowest BCUT2D eigenvalue weighted by Crippen LogP contribution is -2.32. The van der Waals surface area contributed by atoms with Gasteiger partial charge in [0.25, 0.3) is 0 Å². The average Bonchev–Trinajstić information content (AvgIpc) is 2.37. The zero-order valence-corrected chi connectivity index (χ0v) is 13.1. The highest BCUT2D eigenvalue weighted by atomic mass is 35.5. The van der Waals surface area contributed by atoms with Crippen molar-refractivity contribution >= 4 is 27.6 Å². The van der Waals surface area contributed by atoms with Crippen LogP contribution in [0.3, 0.4) is 0 Å². The van der Waals surface area contributed by atoms with Gasteiger partial charge in [0.15, 0.2) is 0 Å². The van der Waals surface area contributed by atoms with Gasteiger partial charge >= 0.3 is 5.97 Å². The Morgan fingerprint density at radius 2 is 2.05 bits per heavy atom. The fourth-order valence-corrected chi connectivity index (χ4v) is 3.42. The molecule has 0 saturated heterocycles. The minimum Gasteiger partial charge on any atom is -0.478 e. The van der Waals surface area contributed by atoms with E-state index >= 15 is 0 Å². The van der Waals surface area contributed by atoms with Crippen LogP contribution in [0.25, 0.3) is 0 Å². The largest absolute Gasteiger partial charge is 0.478 e. The fraction of sp³-hybridized carbons (Fsp3) is 0.308. The number of halogens is 2. The lowest BCUT2D eigenvalue weighted by molar-refractivity contribution is 0.0696. The molecule has 21 heavy (non-hydrogen) atoms. The van der Waals surface area contributed by atoms with E-state index in [0.29, 0.717) is 11.6 Å². The van der Waals surface area contributed by atoms with Crippen LogP contribution in [0.1, 0.15) is 24.2 Å². The molecule has 0 heterocycles. The lowest BCUT2D eigenvalue weighted by atomic mass is 10.2. The van der Waals surface area contributed by atoms with Gasteiger partial charge in [-0.3, -0.25) is 0 Å². The molecule has 0 fully saturated rings. The molecular weight excluding hydrogens is 321 g/mol. The Bertz CT molecular complexity index is 688. The van der Waals surface area contributed by atoms with E-state index < -0.39 is 37.3 Å². The summed E-state index contributed by atoms with van der Waals surface area (Å²) in [5, 5.41) is 8.33. The van der Waals surface area contributed by atoms with Crippen LogP contribution in [0.4, 0.5) is 4.39 Å². The van der Waals surface area contributed by atoms with E-state index in [4.69, 9.17) is 16.7 Å². The molecule has 116 valence electrons. The van der Waals surface area contributed by atoms with Gasteiger partial charge in [0, 0.05) is 13.1 Å². The first-order chi connectivity index (χ1) is 9.61. The number of sulfonamides is 1. The van der Waals surface area contributed by atoms with Crippen LogP contribution in [-0.2, 0) is 10.0 Å². The molecule has 1 aromatic carbocycles. The number of carboxylic acids is 1. The molecule has 0 aliphatic carbocycles. The molecule has 0 aromatic heterocycles. The van der Waals surface area contributed by atoms with Gasteiger partial charge < -0.3 is 5.11 Å². The van der Waals surface area contributed by atoms with Crippen molar-refractivity contribution < 1.29 is 22.7 Å². The van der Waals surface area contributed by atoms with Crippen LogP contribution in [0.5, 0.6) is 0 Å². The maximum Gasteiger partial charge on any atom is 0.337 e. The van der Waals surface area contributed by atoms with Crippen molar-refractivity contribution in [3.05, 3.63) is 40.7 Å². The molecule has 0 atom stereocenters. The fourth-order valence-electron chi connectivity index (χ4n) is 1.69. The maximum absolute atomic E-state index is 13.7. The zero-order valence-electron chi connectivity index (χ0n) is 11.6. The van der Waals surface area contributed by atoms with E-state index in [-0.39, 0.29) is 13.1 Å². The highest BCUT2D eigenvalue weighted by Crippen LogP contribution is 2.26. The minimum atomic E-state index is -4.03. The van der Waals surface area contributed by atoms with Crippen LogP contribution in [0, 0.1) is 5.82 Å². The van der Waals surface area contributed by atoms with Gasteiger partial charge in [-0.25, -0.2) is 17.6 Å². The van der Waals surface area contributed by atoms with Crippen molar-refractivity contribution in [3.63, 3.8) is 0 Å². The molecule has 5 nitrogen and oxygen atoms in total. The molecule has 0 bridgehead atoms. The van der Waals surface area contributed by atoms with Gasteiger partial charge in [-0.1, -0.05) is 30.7 Å². The van der Waals surface area contributed by atoms with Crippen LogP contribution in [0.15, 0.2) is 29.2 Å². The second-order valence-electron chi connectivity index (χ2n) is 4.46. The third-order valence-electron chi connectivity index (χ3n) is 2.67. The van der Waals surface area contributed by atoms with Crippen LogP contribution >= 0.6 is 11.6 Å². The van der Waals surface area contributed by atoms with Crippen molar-refractivity contribution in [1.82, 2.24) is 4.31 Å². The number of carbonyl (C=O) groups is 1. The van der Waals surface area contributed by atoms with Gasteiger partial charge in [-0.2, -0.15) is 4.31 Å². The van der Waals surface area contributed by atoms with Crippen molar-refractivity contribution in [1.29, 1.82) is 0 Å². The van der Waals surface area contributed by atoms with E-state index in [0.717, 1.165) is 10.4 Å². The Morgan fingerprint density at radius 3 is 2.48 bits per heavy atom. The van der Waals surface area contributed by atoms with Crippen molar-refractivity contribution in [3.8, 4) is 0 Å². The Morgan fingerprint density at radius 1 is 1.48 bits per heavy atom. The Kier molecular flexibility index (Phi) is 5.49. The van der Waals surface area contributed by atoms with E-state index in [1.807, 2.05) is 0 Å². The quantitative estimate of drug-likeness (QED) is 0.811. The SMILES string of the molecule is C=C(C)CN(CC)S(=O)(=O)c1cc(F)c(Cl)c(C(=O)O)c1. The molecule has 8 heteroatoms. The Hall–Kier alpha value is -1.44. The number of aromatic carboxylic acids is 1. The molecule has 0 radical (unpaired) electrons. The smallest absolute Gasteiger partial charge is 0.337 e. The first-order valence-electron chi connectivity index (χ1n) is 5.98. The summed E-state index contributed by atoms with van der Waals surface area (Å²) in [6.45, 7) is 7.11. The summed E-state index contributed by atoms with van der Waals surface area (Å²) in [5.74, 6) is -2.60. The van der Waals surface area contributed by atoms with Crippen LogP contribution < -0.4 is 0 Å². The van der Waals surface area contributed by atoms with E-state index in [1.165, 1.54) is 0 Å². The number of carboxylic acid groups (broad SMARTS) is 1. The first kappa shape index (κ1) is 17.6. The molecule has 0 aliphatic heterocycles. The molecule has 0 unspecified atom stereocenters. The van der Waals surface area contributed by atoms with Gasteiger partial charge in [-0.15, -0.1) is 0 Å². The highest BCUT2D eigenvalue weighted by molar-refractivity contribution is 7.89. The summed E-state index contributed by atoms with van der Waals surface area (Å²) in [7, 11) is -4.03. The van der Waals surface area contributed by atoms with E-state index in [1.54, 1.807) is 13.8 Å². The average molecular weight is 336 g/mol. The molecule has 1 rings (SSSR count). The summed E-state index contributed by atoms with van der Waals surface area (Å²) >= 11 is 5.53. The number of benzene rings is 1. The summed E-state index contributed by atoms with van der Waals surface area (Å²) in [5.41, 5.74) is 0.00920. The monoisotopic (exact) mass is 335 g/mol. The predicted molar refractivity (Wildman–Crippen MR) is 77.6 cm³/mol. The summed E-state index contributed by atoms with van der Waals surface area (Å²) in [4.78, 5) is 10.5. The third-order valence-corrected chi connectivity index (χ3v) is 4.95. The molecule has 0 aliphatic rings. The van der Waals surface area contributed by atoms with E-state index in [9.17, 15) is 17.6 Å². The highest BCUT2D eigenvalue weighted by Gasteiger charge is 2.26. The number of nitrogens with zero attached hydrogens (tertiary/aromatic N) is 1. The standard InChI is InChI=1S/C13H15ClFNO4S/c1-4-16(7-8(2)3)21(19,20)9-5-10(13(17)18)12(14)11(15)6-9/h5-6H,2,4,7H2,1,3H3,(H,17,18). The van der Waals surface area contributed by atoms with Gasteiger partial charge in [0.1, 0.15) is 5.82 Å². The number of hydrogen-bond donors (Lipinski definition) is 1. The Balaban J connectivity index is 3.44. The zero-order chi connectivity index (χ0) is 16.4. The summed E-state index contributed by atoms with van der Waals surface area (Å²) in [6, 6.07) is 1.56. The van der Waals surface area contributed by atoms with Crippen molar-refractivity contribution in [2.24, 2.45) is 0 Å². The second kappa shape index (κ2) is 6.55. The molecule has 0 saturated carbocycles. The normalized spacial score (nSPS) is 11.7. The van der Waals surface area contributed by atoms with Crippen LogP contribution in [0.2, 0.25) is 5.02 Å². The van der Waals surface area contributed by atoms with E-state index in [2.05, 4.69) is 6.58 Å². The van der Waals surface area contributed by atoms with Gasteiger partial charge in [-0.05, 0) is 19.1 Å². The molecule has 0 amide bonds. The lowest BCUT2D eigenvalue weighted by Gasteiger charge is -2.21. The number of hydrogen-bond acceptors (Lipinski definition) is 3. The van der Waals surface area contributed by atoms with Gasteiger partial charge in [0.2, 0.25) is 10.0 Å². The van der Waals surface area contributed by atoms with Crippen LogP contribution in [-0.4, -0.2) is 36.9 Å². The van der Waals surface area contributed by atoms with Crippen molar-refractivity contribution in [2.45, 2.75) is 18.7 Å². The molecule has 1 N–H and O–H groups in total. The molecule has 0 spiro atoms. The molecule has 1 aromatic rings. The second-order valence-corrected chi connectivity index (χ2v) is 6.78. The summed E-state index contributed by atoms with van der Waals surface area (Å²) < 4.78 is 39.6. The minimum absolute atomic E-state index is 0.0610.